The predicted molar refractivity (Wildman–Crippen MR) is 87.1 cm³/mol. The summed E-state index contributed by atoms with van der Waals surface area (Å²) in [6, 6.07) is 6.46. The van der Waals surface area contributed by atoms with Crippen molar-refractivity contribution in [1.82, 2.24) is 0 Å². The summed E-state index contributed by atoms with van der Waals surface area (Å²) in [5.41, 5.74) is 2.65. The largest absolute Gasteiger partial charge is 0.488 e. The number of rotatable bonds is 3. The molecule has 0 bridgehead atoms. The molecular formula is C17H28O2Si. The molecule has 0 aromatic heterocycles. The van der Waals surface area contributed by atoms with Crippen LogP contribution in [0.5, 0.6) is 5.75 Å². The fourth-order valence-corrected chi connectivity index (χ4v) is 3.24. The monoisotopic (exact) mass is 292 g/mol. The summed E-state index contributed by atoms with van der Waals surface area (Å²) < 4.78 is 12.4. The van der Waals surface area contributed by atoms with Crippen molar-refractivity contribution in [3.63, 3.8) is 0 Å². The van der Waals surface area contributed by atoms with Crippen molar-refractivity contribution in [2.75, 3.05) is 6.61 Å². The van der Waals surface area contributed by atoms with Gasteiger partial charge in [-0.2, -0.15) is 0 Å². The van der Waals surface area contributed by atoms with E-state index >= 15 is 0 Å². The minimum atomic E-state index is -1.67. The maximum Gasteiger partial charge on any atom is 0.192 e. The topological polar surface area (TPSA) is 18.5 Å². The van der Waals surface area contributed by atoms with Crippen LogP contribution in [0.3, 0.4) is 0 Å². The first-order chi connectivity index (χ1) is 9.19. The van der Waals surface area contributed by atoms with Crippen LogP contribution in [-0.2, 0) is 10.8 Å². The van der Waals surface area contributed by atoms with Gasteiger partial charge < -0.3 is 9.16 Å². The molecule has 1 heterocycles. The maximum absolute atomic E-state index is 6.29. The fourth-order valence-electron chi connectivity index (χ4n) is 2.21. The van der Waals surface area contributed by atoms with Crippen molar-refractivity contribution < 1.29 is 9.16 Å². The number of benzene rings is 1. The summed E-state index contributed by atoms with van der Waals surface area (Å²) in [4.78, 5) is 0. The summed E-state index contributed by atoms with van der Waals surface area (Å²) in [7, 11) is -1.67. The number of aryl methyl sites for hydroxylation is 2. The van der Waals surface area contributed by atoms with Gasteiger partial charge in [-0.15, -0.1) is 0 Å². The Morgan fingerprint density at radius 3 is 2.65 bits per heavy atom. The molecule has 0 fully saturated rings. The van der Waals surface area contributed by atoms with E-state index < -0.39 is 8.32 Å². The molecule has 1 unspecified atom stereocenters. The van der Waals surface area contributed by atoms with Crippen LogP contribution in [-0.4, -0.2) is 21.0 Å². The van der Waals surface area contributed by atoms with E-state index in [2.05, 4.69) is 59.0 Å². The van der Waals surface area contributed by atoms with Gasteiger partial charge in [-0.25, -0.2) is 0 Å². The molecule has 3 heteroatoms. The SMILES string of the molecule is Cc1ccc2c(c1)CCC(CO[Si](C)(C)C(C)(C)C)O2. The molecule has 2 rings (SSSR count). The van der Waals surface area contributed by atoms with Gasteiger partial charge in [0.25, 0.3) is 0 Å². The van der Waals surface area contributed by atoms with E-state index in [0.717, 1.165) is 25.2 Å². The van der Waals surface area contributed by atoms with E-state index in [0.29, 0.717) is 0 Å². The molecule has 20 heavy (non-hydrogen) atoms. The van der Waals surface area contributed by atoms with Crippen molar-refractivity contribution in [1.29, 1.82) is 0 Å². The molecule has 0 saturated heterocycles. The highest BCUT2D eigenvalue weighted by molar-refractivity contribution is 6.74. The van der Waals surface area contributed by atoms with Gasteiger partial charge in [0, 0.05) is 0 Å². The van der Waals surface area contributed by atoms with Crippen LogP contribution in [0.15, 0.2) is 18.2 Å². The van der Waals surface area contributed by atoms with Crippen molar-refractivity contribution >= 4 is 8.32 Å². The molecule has 1 aliphatic rings. The molecule has 1 atom stereocenters. The summed E-state index contributed by atoms with van der Waals surface area (Å²) in [5, 5.41) is 0.261. The summed E-state index contributed by atoms with van der Waals surface area (Å²) >= 11 is 0. The van der Waals surface area contributed by atoms with Gasteiger partial charge in [-0.3, -0.25) is 0 Å². The van der Waals surface area contributed by atoms with E-state index in [-0.39, 0.29) is 11.1 Å². The second-order valence-corrected chi connectivity index (χ2v) is 12.3. The third kappa shape index (κ3) is 3.44. The Hall–Kier alpha value is -0.803. The first-order valence-electron chi connectivity index (χ1n) is 7.59. The Balaban J connectivity index is 1.96. The highest BCUT2D eigenvalue weighted by Crippen LogP contribution is 2.37. The predicted octanol–water partition coefficient (Wildman–Crippen LogP) is 4.71. The number of fused-ring (bicyclic) bond motifs is 1. The molecule has 112 valence electrons. The third-order valence-corrected chi connectivity index (χ3v) is 9.18. The first-order valence-corrected chi connectivity index (χ1v) is 10.5. The molecule has 0 radical (unpaired) electrons. The molecular weight excluding hydrogens is 264 g/mol. The Bertz CT molecular complexity index is 474. The lowest BCUT2D eigenvalue weighted by Crippen LogP contribution is -2.43. The van der Waals surface area contributed by atoms with Gasteiger partial charge >= 0.3 is 0 Å². The van der Waals surface area contributed by atoms with Gasteiger partial charge in [0.05, 0.1) is 6.61 Å². The molecule has 0 spiro atoms. The highest BCUT2D eigenvalue weighted by atomic mass is 28.4. The lowest BCUT2D eigenvalue weighted by atomic mass is 10.0. The number of hydrogen-bond donors (Lipinski definition) is 0. The molecule has 0 amide bonds. The van der Waals surface area contributed by atoms with Gasteiger partial charge in [0.2, 0.25) is 0 Å². The highest BCUT2D eigenvalue weighted by Gasteiger charge is 2.38. The minimum Gasteiger partial charge on any atom is -0.488 e. The Kier molecular flexibility index (Phi) is 4.31. The Morgan fingerprint density at radius 1 is 1.30 bits per heavy atom. The average Bonchev–Trinajstić information content (AvgIpc) is 2.35. The molecule has 0 saturated carbocycles. The van der Waals surface area contributed by atoms with Gasteiger partial charge in [-0.05, 0) is 49.5 Å². The van der Waals surface area contributed by atoms with Gasteiger partial charge in [0.15, 0.2) is 8.32 Å². The number of hydrogen-bond acceptors (Lipinski definition) is 2. The standard InChI is InChI=1S/C17H28O2Si/c1-13-7-10-16-14(11-13)8-9-15(19-16)12-18-20(5,6)17(2,3)4/h7,10-11,15H,8-9,12H2,1-6H3. The smallest absolute Gasteiger partial charge is 0.192 e. The molecule has 1 aromatic rings. The number of ether oxygens (including phenoxy) is 1. The van der Waals surface area contributed by atoms with E-state index in [1.54, 1.807) is 0 Å². The van der Waals surface area contributed by atoms with Crippen molar-refractivity contribution in [3.8, 4) is 5.75 Å². The summed E-state index contributed by atoms with van der Waals surface area (Å²) in [5.74, 6) is 1.05. The van der Waals surface area contributed by atoms with Gasteiger partial charge in [0.1, 0.15) is 11.9 Å². The molecule has 0 aliphatic carbocycles. The van der Waals surface area contributed by atoms with Crippen molar-refractivity contribution in [3.05, 3.63) is 29.3 Å². The zero-order valence-electron chi connectivity index (χ0n) is 13.7. The lowest BCUT2D eigenvalue weighted by Gasteiger charge is -2.38. The summed E-state index contributed by atoms with van der Waals surface area (Å²) in [6.07, 6.45) is 2.37. The van der Waals surface area contributed by atoms with Crippen LogP contribution in [0.4, 0.5) is 0 Å². The molecule has 1 aliphatic heterocycles. The van der Waals surface area contributed by atoms with Crippen molar-refractivity contribution in [2.45, 2.75) is 64.8 Å². The second-order valence-electron chi connectivity index (χ2n) is 7.46. The van der Waals surface area contributed by atoms with Gasteiger partial charge in [-0.1, -0.05) is 38.5 Å². The fraction of sp³-hybridized carbons (Fsp3) is 0.647. The van der Waals surface area contributed by atoms with Crippen LogP contribution < -0.4 is 4.74 Å². The zero-order valence-corrected chi connectivity index (χ0v) is 14.7. The second kappa shape index (κ2) is 5.53. The van der Waals surface area contributed by atoms with E-state index in [1.807, 2.05) is 0 Å². The zero-order chi connectivity index (χ0) is 15.0. The third-order valence-electron chi connectivity index (χ3n) is 4.68. The normalized spacial score (nSPS) is 19.4. The lowest BCUT2D eigenvalue weighted by molar-refractivity contribution is 0.102. The van der Waals surface area contributed by atoms with Crippen LogP contribution >= 0.6 is 0 Å². The summed E-state index contributed by atoms with van der Waals surface area (Å²) in [6.45, 7) is 14.3. The molecule has 0 N–H and O–H groups in total. The van der Waals surface area contributed by atoms with Crippen LogP contribution in [0, 0.1) is 6.92 Å². The van der Waals surface area contributed by atoms with Crippen LogP contribution in [0.25, 0.3) is 0 Å². The Labute approximate surface area is 124 Å². The quantitative estimate of drug-likeness (QED) is 0.751. The molecule has 1 aromatic carbocycles. The van der Waals surface area contributed by atoms with Crippen LogP contribution in [0.2, 0.25) is 18.1 Å². The minimum absolute atomic E-state index is 0.208. The van der Waals surface area contributed by atoms with E-state index in [9.17, 15) is 0 Å². The first kappa shape index (κ1) is 15.6. The van der Waals surface area contributed by atoms with E-state index in [1.165, 1.54) is 11.1 Å². The van der Waals surface area contributed by atoms with Crippen molar-refractivity contribution in [2.24, 2.45) is 0 Å². The maximum atomic E-state index is 6.29. The van der Waals surface area contributed by atoms with Crippen LogP contribution in [0.1, 0.15) is 38.3 Å². The Morgan fingerprint density at radius 2 is 2.00 bits per heavy atom. The average molecular weight is 292 g/mol. The van der Waals surface area contributed by atoms with E-state index in [4.69, 9.17) is 9.16 Å². The molecule has 2 nitrogen and oxygen atoms in total.